The van der Waals surface area contributed by atoms with E-state index in [0.717, 1.165) is 12.1 Å². The Kier molecular flexibility index (Phi) is 4.69. The van der Waals surface area contributed by atoms with E-state index in [-0.39, 0.29) is 0 Å². The highest BCUT2D eigenvalue weighted by Gasteiger charge is 2.17. The summed E-state index contributed by atoms with van der Waals surface area (Å²) >= 11 is 0. The Labute approximate surface area is 102 Å². The predicted octanol–water partition coefficient (Wildman–Crippen LogP) is 1.76. The molecule has 0 aromatic carbocycles. The number of carboxylic acid groups (broad SMARTS) is 1. The lowest BCUT2D eigenvalue weighted by atomic mass is 10.3. The molecule has 0 saturated carbocycles. The first kappa shape index (κ1) is 13.7. The molecule has 0 radical (unpaired) electrons. The molecule has 96 valence electrons. The lowest BCUT2D eigenvalue weighted by molar-refractivity contribution is -0.142. The van der Waals surface area contributed by atoms with E-state index in [9.17, 15) is 4.79 Å². The molecule has 1 aromatic heterocycles. The number of likely N-dealkylation sites (N-methyl/N-ethyl adjacent to an activating group) is 1. The van der Waals surface area contributed by atoms with Crippen molar-refractivity contribution in [3.8, 4) is 0 Å². The zero-order valence-corrected chi connectivity index (χ0v) is 10.9. The zero-order valence-electron chi connectivity index (χ0n) is 10.9. The third-order valence-electron chi connectivity index (χ3n) is 3.14. The fraction of sp³-hybridized carbons (Fsp3) is 0.667. The van der Waals surface area contributed by atoms with Crippen LogP contribution in [0, 0.1) is 0 Å². The van der Waals surface area contributed by atoms with Crippen LogP contribution in [0.15, 0.2) is 12.3 Å². The number of aliphatic carboxylic acids is 1. The Balaban J connectivity index is 2.63. The van der Waals surface area contributed by atoms with Gasteiger partial charge in [0, 0.05) is 18.8 Å². The SMILES string of the molecule is CCC(C)n1ccc(CN(C)C(C)C(=O)O)n1. The number of hydrogen-bond donors (Lipinski definition) is 1. The lowest BCUT2D eigenvalue weighted by Crippen LogP contribution is -2.35. The minimum Gasteiger partial charge on any atom is -0.480 e. The molecule has 2 atom stereocenters. The van der Waals surface area contributed by atoms with Crippen molar-refractivity contribution in [2.24, 2.45) is 0 Å². The summed E-state index contributed by atoms with van der Waals surface area (Å²) in [6, 6.07) is 1.83. The van der Waals surface area contributed by atoms with Crippen molar-refractivity contribution in [2.75, 3.05) is 7.05 Å². The Morgan fingerprint density at radius 3 is 2.76 bits per heavy atom. The van der Waals surface area contributed by atoms with Crippen LogP contribution in [-0.2, 0) is 11.3 Å². The van der Waals surface area contributed by atoms with Crippen LogP contribution in [-0.4, -0.2) is 38.8 Å². The number of carbonyl (C=O) groups is 1. The van der Waals surface area contributed by atoms with Gasteiger partial charge in [-0.2, -0.15) is 5.10 Å². The molecule has 1 rings (SSSR count). The average Bonchev–Trinajstić information content (AvgIpc) is 2.75. The summed E-state index contributed by atoms with van der Waals surface area (Å²) in [4.78, 5) is 12.6. The van der Waals surface area contributed by atoms with E-state index in [0.29, 0.717) is 12.6 Å². The highest BCUT2D eigenvalue weighted by atomic mass is 16.4. The van der Waals surface area contributed by atoms with Gasteiger partial charge in [-0.3, -0.25) is 14.4 Å². The number of rotatable bonds is 6. The molecule has 0 aliphatic carbocycles. The normalized spacial score (nSPS) is 14.9. The van der Waals surface area contributed by atoms with E-state index in [1.54, 1.807) is 18.9 Å². The summed E-state index contributed by atoms with van der Waals surface area (Å²) in [5, 5.41) is 13.3. The van der Waals surface area contributed by atoms with E-state index in [1.807, 2.05) is 16.9 Å². The molecule has 0 saturated heterocycles. The summed E-state index contributed by atoms with van der Waals surface area (Å²) in [7, 11) is 1.79. The summed E-state index contributed by atoms with van der Waals surface area (Å²) < 4.78 is 1.93. The van der Waals surface area contributed by atoms with E-state index < -0.39 is 12.0 Å². The molecule has 0 aliphatic rings. The summed E-state index contributed by atoms with van der Waals surface area (Å²) in [5.41, 5.74) is 0.904. The minimum absolute atomic E-state index is 0.381. The molecule has 0 amide bonds. The second-order valence-corrected chi connectivity index (χ2v) is 4.47. The first-order chi connectivity index (χ1) is 7.95. The fourth-order valence-corrected chi connectivity index (χ4v) is 1.48. The maximum Gasteiger partial charge on any atom is 0.320 e. The van der Waals surface area contributed by atoms with Crippen molar-refractivity contribution in [2.45, 2.75) is 45.8 Å². The van der Waals surface area contributed by atoms with Crippen LogP contribution in [0.1, 0.15) is 38.9 Å². The zero-order chi connectivity index (χ0) is 13.0. The predicted molar refractivity (Wildman–Crippen MR) is 65.8 cm³/mol. The molecular formula is C12H21N3O2. The molecule has 0 bridgehead atoms. The molecule has 1 heterocycles. The third kappa shape index (κ3) is 3.56. The van der Waals surface area contributed by atoms with E-state index >= 15 is 0 Å². The fourth-order valence-electron chi connectivity index (χ4n) is 1.48. The topological polar surface area (TPSA) is 58.4 Å². The lowest BCUT2D eigenvalue weighted by Gasteiger charge is -2.19. The molecule has 5 nitrogen and oxygen atoms in total. The van der Waals surface area contributed by atoms with E-state index in [2.05, 4.69) is 18.9 Å². The van der Waals surface area contributed by atoms with Crippen molar-refractivity contribution in [3.63, 3.8) is 0 Å². The van der Waals surface area contributed by atoms with Crippen molar-refractivity contribution >= 4 is 5.97 Å². The first-order valence-corrected chi connectivity index (χ1v) is 5.92. The number of aromatic nitrogens is 2. The van der Waals surface area contributed by atoms with Gasteiger partial charge in [-0.15, -0.1) is 0 Å². The maximum atomic E-state index is 10.8. The van der Waals surface area contributed by atoms with Crippen LogP contribution in [0.5, 0.6) is 0 Å². The van der Waals surface area contributed by atoms with Crippen molar-refractivity contribution in [1.82, 2.24) is 14.7 Å². The molecule has 5 heteroatoms. The Morgan fingerprint density at radius 1 is 1.59 bits per heavy atom. The van der Waals surface area contributed by atoms with Gasteiger partial charge in [-0.25, -0.2) is 0 Å². The molecule has 2 unspecified atom stereocenters. The van der Waals surface area contributed by atoms with Gasteiger partial charge in [-0.1, -0.05) is 6.92 Å². The Bertz CT molecular complexity index is 376. The van der Waals surface area contributed by atoms with E-state index in [4.69, 9.17) is 5.11 Å². The highest BCUT2D eigenvalue weighted by molar-refractivity contribution is 5.72. The molecule has 0 aliphatic heterocycles. The molecule has 1 aromatic rings. The van der Waals surface area contributed by atoms with Crippen molar-refractivity contribution in [1.29, 1.82) is 0 Å². The Hall–Kier alpha value is -1.36. The minimum atomic E-state index is -0.811. The number of nitrogens with zero attached hydrogens (tertiary/aromatic N) is 3. The van der Waals surface area contributed by atoms with Gasteiger partial charge < -0.3 is 5.11 Å². The van der Waals surface area contributed by atoms with Crippen LogP contribution in [0.2, 0.25) is 0 Å². The third-order valence-corrected chi connectivity index (χ3v) is 3.14. The van der Waals surface area contributed by atoms with Crippen molar-refractivity contribution < 1.29 is 9.90 Å². The van der Waals surface area contributed by atoms with Crippen LogP contribution >= 0.6 is 0 Å². The second-order valence-electron chi connectivity index (χ2n) is 4.47. The van der Waals surface area contributed by atoms with Gasteiger partial charge >= 0.3 is 5.97 Å². The van der Waals surface area contributed by atoms with Crippen LogP contribution in [0.4, 0.5) is 0 Å². The van der Waals surface area contributed by atoms with Gasteiger partial charge in [0.05, 0.1) is 5.69 Å². The smallest absolute Gasteiger partial charge is 0.320 e. The van der Waals surface area contributed by atoms with Crippen LogP contribution < -0.4 is 0 Å². The highest BCUT2D eigenvalue weighted by Crippen LogP contribution is 2.11. The maximum absolute atomic E-state index is 10.8. The molecular weight excluding hydrogens is 218 g/mol. The molecule has 0 fully saturated rings. The van der Waals surface area contributed by atoms with Gasteiger partial charge in [-0.05, 0) is 33.4 Å². The van der Waals surface area contributed by atoms with Crippen molar-refractivity contribution in [3.05, 3.63) is 18.0 Å². The second kappa shape index (κ2) is 5.82. The molecule has 0 spiro atoms. The Morgan fingerprint density at radius 2 is 2.24 bits per heavy atom. The monoisotopic (exact) mass is 239 g/mol. The number of carboxylic acids is 1. The number of hydrogen-bond acceptors (Lipinski definition) is 3. The molecule has 1 N–H and O–H groups in total. The van der Waals surface area contributed by atoms with Crippen LogP contribution in [0.3, 0.4) is 0 Å². The average molecular weight is 239 g/mol. The first-order valence-electron chi connectivity index (χ1n) is 5.92. The quantitative estimate of drug-likeness (QED) is 0.821. The van der Waals surface area contributed by atoms with Gasteiger partial charge in [0.25, 0.3) is 0 Å². The summed E-state index contributed by atoms with van der Waals surface area (Å²) in [6.07, 6.45) is 2.98. The van der Waals surface area contributed by atoms with Gasteiger partial charge in [0.2, 0.25) is 0 Å². The van der Waals surface area contributed by atoms with Gasteiger partial charge in [0.1, 0.15) is 6.04 Å². The summed E-state index contributed by atoms with van der Waals surface area (Å²) in [6.45, 7) is 6.45. The van der Waals surface area contributed by atoms with Gasteiger partial charge in [0.15, 0.2) is 0 Å². The molecule has 17 heavy (non-hydrogen) atoms. The standard InChI is InChI=1S/C12H21N3O2/c1-5-9(2)15-7-6-11(13-15)8-14(4)10(3)12(16)17/h6-7,9-10H,5,8H2,1-4H3,(H,16,17). The largest absolute Gasteiger partial charge is 0.480 e. The van der Waals surface area contributed by atoms with E-state index in [1.165, 1.54) is 0 Å². The summed E-state index contributed by atoms with van der Waals surface area (Å²) in [5.74, 6) is -0.811. The van der Waals surface area contributed by atoms with Crippen LogP contribution in [0.25, 0.3) is 0 Å².